The molecule has 0 unspecified atom stereocenters. The SMILES string of the molecule is CC(C)(C)OC(=O)[C@@H](N)Cc1cc(Cl)ccn1. The molecule has 1 atom stereocenters. The molecule has 0 radical (unpaired) electrons. The fourth-order valence-electron chi connectivity index (χ4n) is 1.25. The van der Waals surface area contributed by atoms with Gasteiger partial charge in [-0.2, -0.15) is 0 Å². The molecule has 0 bridgehead atoms. The Balaban J connectivity index is 2.60. The minimum atomic E-state index is -0.722. The van der Waals surface area contributed by atoms with E-state index in [1.807, 2.05) is 0 Å². The predicted octanol–water partition coefficient (Wildman–Crippen LogP) is 1.95. The monoisotopic (exact) mass is 256 g/mol. The number of hydrogen-bond acceptors (Lipinski definition) is 4. The smallest absolute Gasteiger partial charge is 0.323 e. The molecule has 0 aliphatic heterocycles. The zero-order chi connectivity index (χ0) is 13.1. The number of pyridine rings is 1. The summed E-state index contributed by atoms with van der Waals surface area (Å²) in [7, 11) is 0. The molecule has 2 N–H and O–H groups in total. The second kappa shape index (κ2) is 5.47. The molecule has 0 fully saturated rings. The molecule has 17 heavy (non-hydrogen) atoms. The van der Waals surface area contributed by atoms with Crippen molar-refractivity contribution in [3.63, 3.8) is 0 Å². The molecule has 1 heterocycles. The van der Waals surface area contributed by atoms with Crippen LogP contribution in [0.2, 0.25) is 5.02 Å². The van der Waals surface area contributed by atoms with Crippen molar-refractivity contribution < 1.29 is 9.53 Å². The summed E-state index contributed by atoms with van der Waals surface area (Å²) in [5.41, 5.74) is 5.89. The molecule has 0 saturated heterocycles. The average molecular weight is 257 g/mol. The van der Waals surface area contributed by atoms with Gasteiger partial charge in [-0.05, 0) is 32.9 Å². The first-order valence-electron chi connectivity index (χ1n) is 5.37. The number of nitrogens with zero attached hydrogens (tertiary/aromatic N) is 1. The Labute approximate surface area is 106 Å². The first-order chi connectivity index (χ1) is 7.78. The zero-order valence-electron chi connectivity index (χ0n) is 10.2. The molecular weight excluding hydrogens is 240 g/mol. The highest BCUT2D eigenvalue weighted by molar-refractivity contribution is 6.30. The van der Waals surface area contributed by atoms with Crippen LogP contribution in [0.15, 0.2) is 18.3 Å². The number of halogens is 1. The fourth-order valence-corrected chi connectivity index (χ4v) is 1.43. The zero-order valence-corrected chi connectivity index (χ0v) is 11.0. The molecule has 0 saturated carbocycles. The number of hydrogen-bond donors (Lipinski definition) is 1. The third-order valence-corrected chi connectivity index (χ3v) is 2.15. The minimum absolute atomic E-state index is 0.315. The summed E-state index contributed by atoms with van der Waals surface area (Å²) in [6, 6.07) is 2.63. The van der Waals surface area contributed by atoms with E-state index >= 15 is 0 Å². The third-order valence-electron chi connectivity index (χ3n) is 1.92. The van der Waals surface area contributed by atoms with Crippen LogP contribution in [0.5, 0.6) is 0 Å². The molecule has 94 valence electrons. The van der Waals surface area contributed by atoms with E-state index in [-0.39, 0.29) is 0 Å². The number of rotatable bonds is 3. The molecule has 1 rings (SSSR count). The summed E-state index contributed by atoms with van der Waals surface area (Å²) in [5.74, 6) is -0.431. The Morgan fingerprint density at radius 2 is 2.24 bits per heavy atom. The van der Waals surface area contributed by atoms with Crippen LogP contribution in [-0.2, 0) is 16.0 Å². The summed E-state index contributed by atoms with van der Waals surface area (Å²) in [5, 5.41) is 0.575. The Hall–Kier alpha value is -1.13. The summed E-state index contributed by atoms with van der Waals surface area (Å²) >= 11 is 5.82. The molecule has 5 heteroatoms. The van der Waals surface area contributed by atoms with Gasteiger partial charge < -0.3 is 10.5 Å². The van der Waals surface area contributed by atoms with Crippen molar-refractivity contribution in [2.24, 2.45) is 5.73 Å². The topological polar surface area (TPSA) is 65.2 Å². The van der Waals surface area contributed by atoms with Gasteiger partial charge in [0, 0.05) is 23.3 Å². The molecule has 1 aromatic rings. The third kappa shape index (κ3) is 5.15. The Bertz CT molecular complexity index is 402. The summed E-state index contributed by atoms with van der Waals surface area (Å²) in [6.45, 7) is 5.40. The first-order valence-corrected chi connectivity index (χ1v) is 5.74. The van der Waals surface area contributed by atoms with Crippen LogP contribution in [0, 0.1) is 0 Å². The number of esters is 1. The largest absolute Gasteiger partial charge is 0.459 e. The van der Waals surface area contributed by atoms with E-state index in [0.717, 1.165) is 0 Å². The highest BCUT2D eigenvalue weighted by Crippen LogP contribution is 2.12. The maximum absolute atomic E-state index is 11.6. The van der Waals surface area contributed by atoms with Gasteiger partial charge in [0.15, 0.2) is 0 Å². The van der Waals surface area contributed by atoms with Gasteiger partial charge in [-0.1, -0.05) is 11.6 Å². The lowest BCUT2D eigenvalue weighted by molar-refractivity contribution is -0.156. The highest BCUT2D eigenvalue weighted by Gasteiger charge is 2.22. The normalized spacial score (nSPS) is 13.2. The van der Waals surface area contributed by atoms with Crippen LogP contribution in [0.25, 0.3) is 0 Å². The second-order valence-corrected chi connectivity index (χ2v) is 5.25. The van der Waals surface area contributed by atoms with Crippen molar-refractivity contribution in [2.45, 2.75) is 38.8 Å². The van der Waals surface area contributed by atoms with Crippen molar-refractivity contribution in [1.29, 1.82) is 0 Å². The lowest BCUT2D eigenvalue weighted by atomic mass is 10.1. The van der Waals surface area contributed by atoms with E-state index in [1.165, 1.54) is 0 Å². The Kier molecular flexibility index (Phi) is 4.48. The van der Waals surface area contributed by atoms with E-state index in [1.54, 1.807) is 39.1 Å². The number of carbonyl (C=O) groups excluding carboxylic acids is 1. The van der Waals surface area contributed by atoms with Gasteiger partial charge in [0.05, 0.1) is 0 Å². The lowest BCUT2D eigenvalue weighted by Crippen LogP contribution is -2.39. The second-order valence-electron chi connectivity index (χ2n) is 4.81. The maximum Gasteiger partial charge on any atom is 0.323 e. The Morgan fingerprint density at radius 3 is 2.76 bits per heavy atom. The number of ether oxygens (including phenoxy) is 1. The van der Waals surface area contributed by atoms with Crippen LogP contribution in [0.3, 0.4) is 0 Å². The summed E-state index contributed by atoms with van der Waals surface area (Å²) < 4.78 is 5.18. The highest BCUT2D eigenvalue weighted by atomic mass is 35.5. The van der Waals surface area contributed by atoms with E-state index in [0.29, 0.717) is 17.1 Å². The average Bonchev–Trinajstić information content (AvgIpc) is 2.14. The van der Waals surface area contributed by atoms with Gasteiger partial charge in [-0.3, -0.25) is 9.78 Å². The van der Waals surface area contributed by atoms with Gasteiger partial charge in [-0.25, -0.2) is 0 Å². The van der Waals surface area contributed by atoms with Gasteiger partial charge in [0.25, 0.3) is 0 Å². The van der Waals surface area contributed by atoms with E-state index in [2.05, 4.69) is 4.98 Å². The quantitative estimate of drug-likeness (QED) is 0.840. The van der Waals surface area contributed by atoms with Crippen LogP contribution < -0.4 is 5.73 Å². The van der Waals surface area contributed by atoms with Crippen molar-refractivity contribution in [2.75, 3.05) is 0 Å². The first kappa shape index (κ1) is 13.9. The van der Waals surface area contributed by atoms with Crippen molar-refractivity contribution in [3.05, 3.63) is 29.0 Å². The lowest BCUT2D eigenvalue weighted by Gasteiger charge is -2.22. The van der Waals surface area contributed by atoms with Crippen LogP contribution in [-0.4, -0.2) is 22.6 Å². The Morgan fingerprint density at radius 1 is 1.59 bits per heavy atom. The van der Waals surface area contributed by atoms with Gasteiger partial charge in [0.2, 0.25) is 0 Å². The van der Waals surface area contributed by atoms with Crippen molar-refractivity contribution in [3.8, 4) is 0 Å². The van der Waals surface area contributed by atoms with Gasteiger partial charge in [-0.15, -0.1) is 0 Å². The molecule has 0 aromatic carbocycles. The summed E-state index contributed by atoms with van der Waals surface area (Å²) in [4.78, 5) is 15.7. The van der Waals surface area contributed by atoms with Crippen LogP contribution in [0.4, 0.5) is 0 Å². The molecule has 0 aliphatic rings. The number of aromatic nitrogens is 1. The fraction of sp³-hybridized carbons (Fsp3) is 0.500. The van der Waals surface area contributed by atoms with Crippen LogP contribution >= 0.6 is 11.6 Å². The molecule has 0 spiro atoms. The number of nitrogens with two attached hydrogens (primary N) is 1. The van der Waals surface area contributed by atoms with Gasteiger partial charge >= 0.3 is 5.97 Å². The maximum atomic E-state index is 11.6. The van der Waals surface area contributed by atoms with E-state index in [9.17, 15) is 4.79 Å². The molecule has 4 nitrogen and oxygen atoms in total. The van der Waals surface area contributed by atoms with Crippen LogP contribution in [0.1, 0.15) is 26.5 Å². The molecule has 1 aromatic heterocycles. The standard InChI is InChI=1S/C12H17ClN2O2/c1-12(2,3)17-11(16)10(14)7-9-6-8(13)4-5-15-9/h4-6,10H,7,14H2,1-3H3/t10-/m0/s1. The van der Waals surface area contributed by atoms with Crippen molar-refractivity contribution >= 4 is 17.6 Å². The summed E-state index contributed by atoms with van der Waals surface area (Å²) in [6.07, 6.45) is 1.90. The predicted molar refractivity (Wildman–Crippen MR) is 66.8 cm³/mol. The molecular formula is C12H17ClN2O2. The van der Waals surface area contributed by atoms with E-state index in [4.69, 9.17) is 22.1 Å². The van der Waals surface area contributed by atoms with Gasteiger partial charge in [0.1, 0.15) is 11.6 Å². The van der Waals surface area contributed by atoms with Crippen molar-refractivity contribution in [1.82, 2.24) is 4.98 Å². The minimum Gasteiger partial charge on any atom is -0.459 e. The van der Waals surface area contributed by atoms with E-state index < -0.39 is 17.6 Å². The molecule has 0 amide bonds. The number of carbonyl (C=O) groups is 1. The molecule has 0 aliphatic carbocycles.